The molecule has 0 aromatic heterocycles. The van der Waals surface area contributed by atoms with Crippen molar-refractivity contribution in [2.75, 3.05) is 0 Å². The molecule has 0 aliphatic rings. The van der Waals surface area contributed by atoms with E-state index >= 15 is 0 Å². The molecule has 0 radical (unpaired) electrons. The number of benzene rings is 3. The normalized spacial score (nSPS) is 11.9. The first kappa shape index (κ1) is 22.5. The van der Waals surface area contributed by atoms with Gasteiger partial charge in [0.05, 0.1) is 4.91 Å². The molecule has 0 N–H and O–H groups in total. The minimum atomic E-state index is 0.0483. The van der Waals surface area contributed by atoms with Crippen LogP contribution in [0.4, 0.5) is 0 Å². The number of carbonyl (C=O) groups excluding carboxylic acids is 2. The summed E-state index contributed by atoms with van der Waals surface area (Å²) in [6.45, 7) is 2.02. The van der Waals surface area contributed by atoms with Gasteiger partial charge in [-0.3, -0.25) is 9.59 Å². The average molecular weight is 427 g/mol. The van der Waals surface area contributed by atoms with Gasteiger partial charge in [-0.25, -0.2) is 0 Å². The maximum atomic E-state index is 13.1. The Balaban J connectivity index is 1.82. The molecule has 2 nitrogen and oxygen atoms in total. The molecule has 3 heteroatoms. The first-order chi connectivity index (χ1) is 15.2. The highest BCUT2D eigenvalue weighted by atomic mass is 32.2. The predicted molar refractivity (Wildman–Crippen MR) is 130 cm³/mol. The number of rotatable bonds is 10. The maximum absolute atomic E-state index is 13.1. The number of aryl methyl sites for hydroxylation is 2. The molecule has 3 aromatic rings. The summed E-state index contributed by atoms with van der Waals surface area (Å²) in [7, 11) is 0. The summed E-state index contributed by atoms with van der Waals surface area (Å²) in [6, 6.07) is 27.8. The summed E-state index contributed by atoms with van der Waals surface area (Å²) in [5.41, 5.74) is 3.87. The molecule has 0 saturated carbocycles. The summed E-state index contributed by atoms with van der Waals surface area (Å²) in [5, 5.41) is 0. The Labute approximate surface area is 188 Å². The van der Waals surface area contributed by atoms with E-state index in [1.165, 1.54) is 17.3 Å². The highest BCUT2D eigenvalue weighted by Gasteiger charge is 2.11. The van der Waals surface area contributed by atoms with Crippen LogP contribution in [-0.2, 0) is 16.0 Å². The molecule has 0 bridgehead atoms. The van der Waals surface area contributed by atoms with Crippen molar-refractivity contribution in [3.63, 3.8) is 0 Å². The van der Waals surface area contributed by atoms with E-state index in [4.69, 9.17) is 0 Å². The van der Waals surface area contributed by atoms with E-state index in [1.807, 2.05) is 85.8 Å². The van der Waals surface area contributed by atoms with Gasteiger partial charge in [-0.15, -0.1) is 0 Å². The van der Waals surface area contributed by atoms with Crippen LogP contribution in [0.2, 0.25) is 0 Å². The van der Waals surface area contributed by atoms with E-state index in [-0.39, 0.29) is 5.78 Å². The van der Waals surface area contributed by atoms with Crippen LogP contribution in [0.5, 0.6) is 0 Å². The van der Waals surface area contributed by atoms with Crippen LogP contribution in [0, 0.1) is 6.92 Å². The van der Waals surface area contributed by atoms with Crippen molar-refractivity contribution < 1.29 is 9.59 Å². The molecule has 0 saturated heterocycles. The van der Waals surface area contributed by atoms with E-state index in [0.717, 1.165) is 35.2 Å². The molecule has 0 aliphatic carbocycles. The minimum Gasteiger partial charge on any atom is -0.297 e. The van der Waals surface area contributed by atoms with Gasteiger partial charge in [0.2, 0.25) is 0 Å². The summed E-state index contributed by atoms with van der Waals surface area (Å²) in [4.78, 5) is 26.4. The van der Waals surface area contributed by atoms with Gasteiger partial charge in [-0.1, -0.05) is 84.6 Å². The van der Waals surface area contributed by atoms with Crippen LogP contribution in [0.15, 0.2) is 106 Å². The molecule has 156 valence electrons. The fraction of sp³-hybridized carbons (Fsp3) is 0.143. The Hall–Kier alpha value is -3.17. The van der Waals surface area contributed by atoms with Crippen molar-refractivity contribution in [2.24, 2.45) is 0 Å². The third kappa shape index (κ3) is 7.23. The Morgan fingerprint density at radius 2 is 1.52 bits per heavy atom. The summed E-state index contributed by atoms with van der Waals surface area (Å²) in [6.07, 6.45) is 6.50. The molecule has 31 heavy (non-hydrogen) atoms. The number of aldehydes is 1. The van der Waals surface area contributed by atoms with Crippen molar-refractivity contribution in [2.45, 2.75) is 31.1 Å². The van der Waals surface area contributed by atoms with Crippen LogP contribution in [0.1, 0.15) is 29.5 Å². The van der Waals surface area contributed by atoms with Gasteiger partial charge in [0.15, 0.2) is 12.1 Å². The van der Waals surface area contributed by atoms with Gasteiger partial charge in [-0.05, 0) is 60.7 Å². The maximum Gasteiger partial charge on any atom is 0.162 e. The van der Waals surface area contributed by atoms with Crippen LogP contribution in [0.25, 0.3) is 6.08 Å². The number of hydrogen-bond acceptors (Lipinski definition) is 3. The molecule has 0 atom stereocenters. The highest BCUT2D eigenvalue weighted by molar-refractivity contribution is 8.03. The molecule has 0 heterocycles. The van der Waals surface area contributed by atoms with Crippen LogP contribution < -0.4 is 0 Å². The van der Waals surface area contributed by atoms with Gasteiger partial charge in [0, 0.05) is 16.9 Å². The van der Waals surface area contributed by atoms with E-state index in [9.17, 15) is 9.59 Å². The molecule has 0 unspecified atom stereocenters. The molecular weight excluding hydrogens is 400 g/mol. The Kier molecular flexibility index (Phi) is 8.62. The standard InChI is InChI=1S/C28H26O2S/c1-22-11-8-9-15-24(22)19-25(20-27(21-29)31-26-16-6-3-7-17-26)28(30)18-10-14-23-12-4-2-5-13-23/h2-9,11-13,15-17,19-21H,10,14,18H2,1H3. The first-order valence-corrected chi connectivity index (χ1v) is 11.2. The van der Waals surface area contributed by atoms with E-state index in [2.05, 4.69) is 12.1 Å². The highest BCUT2D eigenvalue weighted by Crippen LogP contribution is 2.27. The quantitative estimate of drug-likeness (QED) is 0.154. The van der Waals surface area contributed by atoms with Gasteiger partial charge in [0.1, 0.15) is 0 Å². The third-order valence-corrected chi connectivity index (χ3v) is 5.88. The zero-order valence-corrected chi connectivity index (χ0v) is 18.5. The van der Waals surface area contributed by atoms with E-state index < -0.39 is 0 Å². The molecule has 0 fully saturated rings. The second-order valence-electron chi connectivity index (χ2n) is 7.30. The van der Waals surface area contributed by atoms with Gasteiger partial charge in [-0.2, -0.15) is 0 Å². The van der Waals surface area contributed by atoms with E-state index in [0.29, 0.717) is 16.9 Å². The lowest BCUT2D eigenvalue weighted by atomic mass is 9.99. The van der Waals surface area contributed by atoms with Crippen molar-refractivity contribution in [1.82, 2.24) is 0 Å². The molecule has 0 aliphatic heterocycles. The van der Waals surface area contributed by atoms with E-state index in [1.54, 1.807) is 6.08 Å². The van der Waals surface area contributed by atoms with Crippen molar-refractivity contribution in [3.05, 3.63) is 118 Å². The first-order valence-electron chi connectivity index (χ1n) is 10.4. The number of Topliss-reactive ketones (excluding diaryl/α,β-unsaturated/α-hetero) is 1. The molecular formula is C28H26O2S. The van der Waals surface area contributed by atoms with Crippen LogP contribution >= 0.6 is 11.8 Å². The van der Waals surface area contributed by atoms with Gasteiger partial charge >= 0.3 is 0 Å². The Morgan fingerprint density at radius 1 is 0.871 bits per heavy atom. The van der Waals surface area contributed by atoms with Gasteiger partial charge < -0.3 is 0 Å². The smallest absolute Gasteiger partial charge is 0.162 e. The number of carbonyl (C=O) groups is 2. The molecule has 3 aromatic carbocycles. The number of allylic oxidation sites excluding steroid dienone is 3. The summed E-state index contributed by atoms with van der Waals surface area (Å²) in [5.74, 6) is 0.0483. The lowest BCUT2D eigenvalue weighted by molar-refractivity contribution is -0.115. The average Bonchev–Trinajstić information content (AvgIpc) is 2.80. The lowest BCUT2D eigenvalue weighted by Crippen LogP contribution is -2.03. The molecule has 0 spiro atoms. The zero-order chi connectivity index (χ0) is 21.9. The monoisotopic (exact) mass is 426 g/mol. The van der Waals surface area contributed by atoms with Gasteiger partial charge in [0.25, 0.3) is 0 Å². The lowest BCUT2D eigenvalue weighted by Gasteiger charge is -2.07. The Bertz CT molecular complexity index is 1070. The van der Waals surface area contributed by atoms with Crippen LogP contribution in [-0.4, -0.2) is 12.1 Å². The largest absolute Gasteiger partial charge is 0.297 e. The Morgan fingerprint density at radius 3 is 2.19 bits per heavy atom. The van der Waals surface area contributed by atoms with Crippen LogP contribution in [0.3, 0.4) is 0 Å². The summed E-state index contributed by atoms with van der Waals surface area (Å²) >= 11 is 1.37. The number of ketones is 1. The number of hydrogen-bond donors (Lipinski definition) is 0. The van der Waals surface area contributed by atoms with Crippen molar-refractivity contribution in [1.29, 1.82) is 0 Å². The second kappa shape index (κ2) is 11.9. The summed E-state index contributed by atoms with van der Waals surface area (Å²) < 4.78 is 0. The zero-order valence-electron chi connectivity index (χ0n) is 17.7. The topological polar surface area (TPSA) is 34.1 Å². The molecule has 0 amide bonds. The molecule has 3 rings (SSSR count). The second-order valence-corrected chi connectivity index (χ2v) is 8.45. The number of thioether (sulfide) groups is 1. The SMILES string of the molecule is Cc1ccccc1C=C(C=C(C=O)Sc1ccccc1)C(=O)CCCc1ccccc1. The third-order valence-electron chi connectivity index (χ3n) is 4.93. The minimum absolute atomic E-state index is 0.0483. The fourth-order valence-corrected chi connectivity index (χ4v) is 4.03. The predicted octanol–water partition coefficient (Wildman–Crippen LogP) is 6.85. The van der Waals surface area contributed by atoms with Crippen molar-refractivity contribution >= 4 is 29.9 Å². The van der Waals surface area contributed by atoms with Crippen molar-refractivity contribution in [3.8, 4) is 0 Å². The fourth-order valence-electron chi connectivity index (χ4n) is 3.23.